The fourth-order valence-corrected chi connectivity index (χ4v) is 4.58. The van der Waals surface area contributed by atoms with Gasteiger partial charge in [-0.05, 0) is 49.1 Å². The number of carbonyl (C=O) groups is 2. The Kier molecular flexibility index (Phi) is 6.91. The van der Waals surface area contributed by atoms with E-state index in [1.807, 2.05) is 0 Å². The van der Waals surface area contributed by atoms with Gasteiger partial charge in [0.25, 0.3) is 11.6 Å². The van der Waals surface area contributed by atoms with E-state index in [0.29, 0.717) is 29.5 Å². The Balaban J connectivity index is 1.66. The number of nitrogens with zero attached hydrogens (tertiary/aromatic N) is 1. The number of hydrogen-bond acceptors (Lipinski definition) is 5. The van der Waals surface area contributed by atoms with Gasteiger partial charge in [0.2, 0.25) is 6.10 Å². The van der Waals surface area contributed by atoms with Crippen LogP contribution in [0, 0.1) is 22.9 Å². The first-order valence-corrected chi connectivity index (χ1v) is 11.4. The highest BCUT2D eigenvalue weighted by Gasteiger charge is 2.46. The maximum atomic E-state index is 13.6. The smallest absolute Gasteiger partial charge is 0.317 e. The summed E-state index contributed by atoms with van der Waals surface area (Å²) in [5.41, 5.74) is 0.509. The Morgan fingerprint density at radius 3 is 2.31 bits per heavy atom. The van der Waals surface area contributed by atoms with Gasteiger partial charge in [-0.2, -0.15) is 0 Å². The van der Waals surface area contributed by atoms with Gasteiger partial charge < -0.3 is 10.1 Å². The molecule has 35 heavy (non-hydrogen) atoms. The molecule has 0 unspecified atom stereocenters. The van der Waals surface area contributed by atoms with Crippen LogP contribution in [0.4, 0.5) is 15.8 Å². The Morgan fingerprint density at radius 1 is 1.03 bits per heavy atom. The molecule has 1 amide bonds. The summed E-state index contributed by atoms with van der Waals surface area (Å²) in [5.74, 6) is -1.69. The summed E-state index contributed by atoms with van der Waals surface area (Å²) in [6, 6.07) is 18.7. The molecule has 1 aliphatic carbocycles. The van der Waals surface area contributed by atoms with Crippen molar-refractivity contribution in [1.29, 1.82) is 0 Å². The molecular weight excluding hydrogens is 451 g/mol. The lowest BCUT2D eigenvalue weighted by atomic mass is 9.79. The van der Waals surface area contributed by atoms with Gasteiger partial charge in [-0.25, -0.2) is 4.39 Å². The van der Waals surface area contributed by atoms with Crippen molar-refractivity contribution in [3.05, 3.63) is 105 Å². The van der Waals surface area contributed by atoms with Gasteiger partial charge in [-0.15, -0.1) is 0 Å². The Morgan fingerprint density at radius 2 is 1.69 bits per heavy atom. The molecule has 0 aromatic heterocycles. The summed E-state index contributed by atoms with van der Waals surface area (Å²) in [7, 11) is 0. The third kappa shape index (κ3) is 5.06. The van der Waals surface area contributed by atoms with Crippen LogP contribution in [0.25, 0.3) is 0 Å². The first kappa shape index (κ1) is 24.1. The zero-order chi connectivity index (χ0) is 25.0. The number of benzene rings is 3. The summed E-state index contributed by atoms with van der Waals surface area (Å²) in [6.45, 7) is 1.71. The molecule has 1 N–H and O–H groups in total. The number of halogens is 1. The van der Waals surface area contributed by atoms with Crippen molar-refractivity contribution < 1.29 is 23.6 Å². The van der Waals surface area contributed by atoms with Crippen LogP contribution in [0.2, 0.25) is 0 Å². The average molecular weight is 477 g/mol. The minimum absolute atomic E-state index is 0.0108. The maximum absolute atomic E-state index is 13.6. The molecule has 0 heterocycles. The van der Waals surface area contributed by atoms with Gasteiger partial charge in [0, 0.05) is 11.6 Å². The maximum Gasteiger partial charge on any atom is 0.317 e. The summed E-state index contributed by atoms with van der Waals surface area (Å²) < 4.78 is 19.4. The lowest BCUT2D eigenvalue weighted by Crippen LogP contribution is -2.38. The molecule has 0 spiro atoms. The molecule has 4 rings (SSSR count). The van der Waals surface area contributed by atoms with E-state index in [1.54, 1.807) is 55.5 Å². The van der Waals surface area contributed by atoms with Crippen LogP contribution in [0.1, 0.15) is 48.5 Å². The molecule has 3 aromatic rings. The van der Waals surface area contributed by atoms with Gasteiger partial charge in [-0.1, -0.05) is 61.4 Å². The van der Waals surface area contributed by atoms with Gasteiger partial charge >= 0.3 is 5.97 Å². The second-order valence-corrected chi connectivity index (χ2v) is 8.76. The molecule has 1 saturated carbocycles. The van der Waals surface area contributed by atoms with Crippen molar-refractivity contribution in [2.45, 2.75) is 44.1 Å². The number of nitro groups is 1. The highest BCUT2D eigenvalue weighted by molar-refractivity contribution is 5.98. The van der Waals surface area contributed by atoms with Gasteiger partial charge in [-0.3, -0.25) is 19.7 Å². The molecule has 1 atom stereocenters. The number of carbonyl (C=O) groups excluding carboxylic acids is 2. The second kappa shape index (κ2) is 10.0. The number of anilines is 1. The molecule has 0 bridgehead atoms. The summed E-state index contributed by atoms with van der Waals surface area (Å²) in [4.78, 5) is 37.9. The minimum Gasteiger partial charge on any atom is -0.447 e. The van der Waals surface area contributed by atoms with Crippen molar-refractivity contribution in [3.63, 3.8) is 0 Å². The van der Waals surface area contributed by atoms with Crippen LogP contribution >= 0.6 is 0 Å². The van der Waals surface area contributed by atoms with Crippen LogP contribution in [0.5, 0.6) is 0 Å². The topological polar surface area (TPSA) is 98.5 Å². The van der Waals surface area contributed by atoms with E-state index in [0.717, 1.165) is 12.8 Å². The molecule has 7 nitrogen and oxygen atoms in total. The van der Waals surface area contributed by atoms with Crippen LogP contribution in [-0.4, -0.2) is 16.8 Å². The number of ether oxygens (including phenoxy) is 1. The van der Waals surface area contributed by atoms with E-state index in [4.69, 9.17) is 4.74 Å². The van der Waals surface area contributed by atoms with Crippen LogP contribution in [0.15, 0.2) is 72.8 Å². The molecule has 1 aliphatic rings. The molecule has 0 aliphatic heterocycles. The first-order chi connectivity index (χ1) is 16.8. The number of amides is 1. The zero-order valence-electron chi connectivity index (χ0n) is 19.2. The van der Waals surface area contributed by atoms with E-state index in [1.165, 1.54) is 24.3 Å². The predicted molar refractivity (Wildman–Crippen MR) is 128 cm³/mol. The third-order valence-electron chi connectivity index (χ3n) is 6.42. The molecule has 8 heteroatoms. The number of aryl methyl sites for hydroxylation is 1. The monoisotopic (exact) mass is 476 g/mol. The van der Waals surface area contributed by atoms with Crippen LogP contribution in [0.3, 0.4) is 0 Å². The number of nitrogens with one attached hydrogen (secondary N) is 1. The minimum atomic E-state index is -1.33. The third-order valence-corrected chi connectivity index (χ3v) is 6.42. The average Bonchev–Trinajstić information content (AvgIpc) is 3.35. The lowest BCUT2D eigenvalue weighted by Gasteiger charge is -2.29. The molecule has 3 aromatic carbocycles. The molecule has 0 radical (unpaired) electrons. The Bertz CT molecular complexity index is 1240. The van der Waals surface area contributed by atoms with Crippen molar-refractivity contribution in [3.8, 4) is 0 Å². The van der Waals surface area contributed by atoms with Crippen molar-refractivity contribution >= 4 is 23.3 Å². The lowest BCUT2D eigenvalue weighted by molar-refractivity contribution is -0.384. The van der Waals surface area contributed by atoms with Crippen LogP contribution < -0.4 is 5.32 Å². The first-order valence-electron chi connectivity index (χ1n) is 11.4. The summed E-state index contributed by atoms with van der Waals surface area (Å²) in [6.07, 6.45) is 1.30. The van der Waals surface area contributed by atoms with Crippen molar-refractivity contribution in [1.82, 2.24) is 0 Å². The number of rotatable bonds is 7. The van der Waals surface area contributed by atoms with E-state index < -0.39 is 34.1 Å². The number of hydrogen-bond donors (Lipinski definition) is 1. The van der Waals surface area contributed by atoms with Gasteiger partial charge in [0.1, 0.15) is 11.5 Å². The van der Waals surface area contributed by atoms with E-state index in [9.17, 15) is 24.1 Å². The number of esters is 1. The highest BCUT2D eigenvalue weighted by atomic mass is 19.1. The van der Waals surface area contributed by atoms with Crippen LogP contribution in [-0.2, 0) is 19.7 Å². The highest BCUT2D eigenvalue weighted by Crippen LogP contribution is 2.43. The summed E-state index contributed by atoms with van der Waals surface area (Å²) in [5, 5.41) is 14.1. The SMILES string of the molecule is Cc1ccc(NC(=O)[C@H](OC(=O)C2(c3ccc(F)cc3)CCCC2)c2ccccc2)c([N+](=O)[O-])c1. The van der Waals surface area contributed by atoms with E-state index >= 15 is 0 Å². The van der Waals surface area contributed by atoms with Crippen molar-refractivity contribution in [2.24, 2.45) is 0 Å². The second-order valence-electron chi connectivity index (χ2n) is 8.76. The molecular formula is C27H25FN2O5. The quantitative estimate of drug-likeness (QED) is 0.265. The van der Waals surface area contributed by atoms with E-state index in [-0.39, 0.29) is 11.4 Å². The number of nitro benzene ring substituents is 1. The zero-order valence-corrected chi connectivity index (χ0v) is 19.2. The molecule has 0 saturated heterocycles. The fraction of sp³-hybridized carbons (Fsp3) is 0.259. The van der Waals surface area contributed by atoms with Gasteiger partial charge in [0.15, 0.2) is 0 Å². The summed E-state index contributed by atoms with van der Waals surface area (Å²) >= 11 is 0. The predicted octanol–water partition coefficient (Wildman–Crippen LogP) is 5.78. The standard InChI is InChI=1S/C27H25FN2O5/c1-18-9-14-22(23(17-18)30(33)34)29-25(31)24(19-7-3-2-4-8-19)35-26(32)27(15-5-6-16-27)20-10-12-21(28)13-11-20/h2-4,7-14,17,24H,5-6,15-16H2,1H3,(H,29,31)/t24-/m1/s1. The van der Waals surface area contributed by atoms with Gasteiger partial charge in [0.05, 0.1) is 10.3 Å². The Labute approximate surface area is 202 Å². The van der Waals surface area contributed by atoms with E-state index in [2.05, 4.69) is 5.32 Å². The largest absolute Gasteiger partial charge is 0.447 e. The Hall–Kier alpha value is -4.07. The van der Waals surface area contributed by atoms with Crippen molar-refractivity contribution in [2.75, 3.05) is 5.32 Å². The molecule has 180 valence electrons. The fourth-order valence-electron chi connectivity index (χ4n) is 4.58. The normalized spacial score (nSPS) is 15.3. The molecule has 1 fully saturated rings.